The van der Waals surface area contributed by atoms with Crippen LogP contribution in [-0.4, -0.2) is 20.8 Å². The van der Waals surface area contributed by atoms with E-state index >= 15 is 0 Å². The van der Waals surface area contributed by atoms with E-state index in [4.69, 9.17) is 0 Å². The van der Waals surface area contributed by atoms with E-state index in [1.807, 2.05) is 41.8 Å². The molecule has 2 N–H and O–H groups in total. The first-order chi connectivity index (χ1) is 11.2. The van der Waals surface area contributed by atoms with Crippen molar-refractivity contribution in [3.63, 3.8) is 0 Å². The van der Waals surface area contributed by atoms with Gasteiger partial charge in [0.25, 0.3) is 5.91 Å². The van der Waals surface area contributed by atoms with Crippen LogP contribution in [0.2, 0.25) is 0 Å². The molecular weight excluding hydrogens is 310 g/mol. The van der Waals surface area contributed by atoms with E-state index in [1.54, 1.807) is 29.3 Å². The van der Waals surface area contributed by atoms with Crippen LogP contribution in [0.5, 0.6) is 0 Å². The summed E-state index contributed by atoms with van der Waals surface area (Å²) in [6.07, 6.45) is 1.72. The van der Waals surface area contributed by atoms with Crippen molar-refractivity contribution in [1.82, 2.24) is 15.1 Å². The Labute approximate surface area is 138 Å². The van der Waals surface area contributed by atoms with Gasteiger partial charge in [-0.1, -0.05) is 30.3 Å². The number of carbonyl (C=O) groups excluding carboxylic acids is 1. The Balaban J connectivity index is 1.79. The number of carbonyl (C=O) groups is 1. The Bertz CT molecular complexity index is 809. The van der Waals surface area contributed by atoms with E-state index in [1.165, 1.54) is 0 Å². The predicted octanol–water partition coefficient (Wildman–Crippen LogP) is 2.57. The second-order valence-corrected chi connectivity index (χ2v) is 6.10. The summed E-state index contributed by atoms with van der Waals surface area (Å²) in [5, 5.41) is 18.6. The van der Waals surface area contributed by atoms with Crippen LogP contribution in [0.3, 0.4) is 0 Å². The molecule has 0 atom stereocenters. The highest BCUT2D eigenvalue weighted by Crippen LogP contribution is 2.26. The van der Waals surface area contributed by atoms with Gasteiger partial charge < -0.3 is 10.4 Å². The van der Waals surface area contributed by atoms with Crippen LogP contribution in [0.15, 0.2) is 48.0 Å². The van der Waals surface area contributed by atoms with E-state index in [2.05, 4.69) is 10.4 Å². The van der Waals surface area contributed by atoms with E-state index in [0.29, 0.717) is 17.8 Å². The Kier molecular flexibility index (Phi) is 4.55. The lowest BCUT2D eigenvalue weighted by Gasteiger charge is -2.08. The van der Waals surface area contributed by atoms with Gasteiger partial charge in [0.1, 0.15) is 5.69 Å². The van der Waals surface area contributed by atoms with Gasteiger partial charge in [-0.3, -0.25) is 9.48 Å². The number of thiophene rings is 1. The molecule has 0 aliphatic heterocycles. The molecule has 0 radical (unpaired) electrons. The number of rotatable bonds is 5. The molecule has 118 valence electrons. The molecule has 3 aromatic rings. The fourth-order valence-electron chi connectivity index (χ4n) is 2.40. The maximum Gasteiger partial charge on any atom is 0.255 e. The monoisotopic (exact) mass is 327 g/mol. The van der Waals surface area contributed by atoms with Crippen LogP contribution >= 0.6 is 11.3 Å². The zero-order valence-electron chi connectivity index (χ0n) is 12.7. The molecular formula is C17H17N3O2S. The third-order valence-electron chi connectivity index (χ3n) is 3.56. The molecule has 0 fully saturated rings. The maximum absolute atomic E-state index is 12.5. The minimum Gasteiger partial charge on any atom is -0.392 e. The first kappa shape index (κ1) is 15.5. The van der Waals surface area contributed by atoms with Gasteiger partial charge in [-0.15, -0.1) is 11.3 Å². The minimum atomic E-state index is -0.172. The van der Waals surface area contributed by atoms with E-state index < -0.39 is 0 Å². The van der Waals surface area contributed by atoms with Gasteiger partial charge in [-0.2, -0.15) is 5.10 Å². The molecule has 0 spiro atoms. The average Bonchev–Trinajstić information content (AvgIpc) is 3.22. The zero-order valence-corrected chi connectivity index (χ0v) is 13.5. The number of benzene rings is 1. The van der Waals surface area contributed by atoms with Crippen molar-refractivity contribution >= 4 is 17.2 Å². The van der Waals surface area contributed by atoms with Crippen molar-refractivity contribution in [3.8, 4) is 10.6 Å². The summed E-state index contributed by atoms with van der Waals surface area (Å²) in [6, 6.07) is 11.4. The highest BCUT2D eigenvalue weighted by atomic mass is 32.1. The van der Waals surface area contributed by atoms with Crippen LogP contribution in [0.25, 0.3) is 10.6 Å². The smallest absolute Gasteiger partial charge is 0.255 e. The van der Waals surface area contributed by atoms with Crippen LogP contribution in [-0.2, 0) is 20.2 Å². The molecule has 6 heteroatoms. The van der Waals surface area contributed by atoms with Gasteiger partial charge in [-0.25, -0.2) is 0 Å². The normalized spacial score (nSPS) is 10.7. The van der Waals surface area contributed by atoms with Crippen LogP contribution < -0.4 is 5.32 Å². The third-order valence-corrected chi connectivity index (χ3v) is 4.43. The number of amides is 1. The minimum absolute atomic E-state index is 0.0423. The van der Waals surface area contributed by atoms with Gasteiger partial charge in [0.05, 0.1) is 17.0 Å². The van der Waals surface area contributed by atoms with Crippen molar-refractivity contribution < 1.29 is 9.90 Å². The average molecular weight is 327 g/mol. The Morgan fingerprint density at radius 3 is 2.74 bits per heavy atom. The van der Waals surface area contributed by atoms with E-state index in [-0.39, 0.29) is 12.5 Å². The fourth-order valence-corrected chi connectivity index (χ4v) is 3.13. The standard InChI is InChI=1S/C17H17N3O2S/c1-20-10-14(16(19-20)15-7-4-8-23-15)17(22)18-9-12-5-2-3-6-13(12)11-21/h2-8,10,21H,9,11H2,1H3,(H,18,22). The van der Waals surface area contributed by atoms with E-state index in [0.717, 1.165) is 16.0 Å². The van der Waals surface area contributed by atoms with Crippen LogP contribution in [0.4, 0.5) is 0 Å². The summed E-state index contributed by atoms with van der Waals surface area (Å²) < 4.78 is 1.64. The van der Waals surface area contributed by atoms with Crippen molar-refractivity contribution in [2.45, 2.75) is 13.2 Å². The highest BCUT2D eigenvalue weighted by molar-refractivity contribution is 7.13. The first-order valence-electron chi connectivity index (χ1n) is 7.22. The summed E-state index contributed by atoms with van der Waals surface area (Å²) in [5.74, 6) is -0.172. The van der Waals surface area contributed by atoms with Crippen LogP contribution in [0, 0.1) is 0 Å². The number of hydrogen-bond acceptors (Lipinski definition) is 4. The second-order valence-electron chi connectivity index (χ2n) is 5.15. The number of aromatic nitrogens is 2. The fraction of sp³-hybridized carbons (Fsp3) is 0.176. The summed E-state index contributed by atoms with van der Waals surface area (Å²) >= 11 is 1.55. The van der Waals surface area contributed by atoms with Crippen molar-refractivity contribution in [1.29, 1.82) is 0 Å². The lowest BCUT2D eigenvalue weighted by atomic mass is 10.1. The number of hydrogen-bond donors (Lipinski definition) is 2. The summed E-state index contributed by atoms with van der Waals surface area (Å²) in [5.41, 5.74) is 2.97. The van der Waals surface area contributed by atoms with Crippen LogP contribution in [0.1, 0.15) is 21.5 Å². The topological polar surface area (TPSA) is 67.2 Å². The number of aryl methyl sites for hydroxylation is 1. The third kappa shape index (κ3) is 3.33. The van der Waals surface area contributed by atoms with Crippen molar-refractivity contribution in [3.05, 3.63) is 64.7 Å². The number of nitrogens with one attached hydrogen (secondary N) is 1. The molecule has 2 aromatic heterocycles. The molecule has 23 heavy (non-hydrogen) atoms. The van der Waals surface area contributed by atoms with Crippen molar-refractivity contribution in [2.24, 2.45) is 7.05 Å². The van der Waals surface area contributed by atoms with Crippen molar-refractivity contribution in [2.75, 3.05) is 0 Å². The zero-order chi connectivity index (χ0) is 16.2. The Morgan fingerprint density at radius 1 is 1.26 bits per heavy atom. The molecule has 0 aliphatic rings. The first-order valence-corrected chi connectivity index (χ1v) is 8.10. The maximum atomic E-state index is 12.5. The highest BCUT2D eigenvalue weighted by Gasteiger charge is 2.17. The molecule has 0 unspecified atom stereocenters. The quantitative estimate of drug-likeness (QED) is 0.757. The largest absolute Gasteiger partial charge is 0.392 e. The Hall–Kier alpha value is -2.44. The number of nitrogens with zero attached hydrogens (tertiary/aromatic N) is 2. The predicted molar refractivity (Wildman–Crippen MR) is 90.1 cm³/mol. The summed E-state index contributed by atoms with van der Waals surface area (Å²) in [4.78, 5) is 13.5. The number of aliphatic hydroxyl groups excluding tert-OH is 1. The molecule has 0 saturated carbocycles. The van der Waals surface area contributed by atoms with Gasteiger partial charge in [-0.05, 0) is 22.6 Å². The van der Waals surface area contributed by atoms with Gasteiger partial charge in [0, 0.05) is 19.8 Å². The van der Waals surface area contributed by atoms with Gasteiger partial charge >= 0.3 is 0 Å². The molecule has 0 bridgehead atoms. The summed E-state index contributed by atoms with van der Waals surface area (Å²) in [7, 11) is 1.80. The molecule has 3 rings (SSSR count). The van der Waals surface area contributed by atoms with Gasteiger partial charge in [0.15, 0.2) is 0 Å². The molecule has 2 heterocycles. The second kappa shape index (κ2) is 6.76. The lowest BCUT2D eigenvalue weighted by molar-refractivity contribution is 0.0951. The lowest BCUT2D eigenvalue weighted by Crippen LogP contribution is -2.23. The molecule has 0 saturated heterocycles. The van der Waals surface area contributed by atoms with Gasteiger partial charge in [0.2, 0.25) is 0 Å². The number of aliphatic hydroxyl groups is 1. The molecule has 5 nitrogen and oxygen atoms in total. The molecule has 0 aliphatic carbocycles. The van der Waals surface area contributed by atoms with E-state index in [9.17, 15) is 9.90 Å². The molecule has 1 aromatic carbocycles. The summed E-state index contributed by atoms with van der Waals surface area (Å²) in [6.45, 7) is 0.327. The SMILES string of the molecule is Cn1cc(C(=O)NCc2ccccc2CO)c(-c2cccs2)n1. The Morgan fingerprint density at radius 2 is 2.04 bits per heavy atom. The molecule has 1 amide bonds.